The summed E-state index contributed by atoms with van der Waals surface area (Å²) in [6.45, 7) is 3.34. The van der Waals surface area contributed by atoms with Crippen LogP contribution in [0, 0.1) is 0 Å². The van der Waals surface area contributed by atoms with Crippen molar-refractivity contribution >= 4 is 12.0 Å². The van der Waals surface area contributed by atoms with Gasteiger partial charge in [0.2, 0.25) is 5.91 Å². The van der Waals surface area contributed by atoms with Crippen molar-refractivity contribution in [1.82, 2.24) is 9.96 Å². The van der Waals surface area contributed by atoms with Gasteiger partial charge in [-0.25, -0.2) is 9.86 Å². The van der Waals surface area contributed by atoms with Crippen LogP contribution in [0.2, 0.25) is 0 Å². The van der Waals surface area contributed by atoms with E-state index < -0.39 is 5.60 Å². The zero-order chi connectivity index (χ0) is 12.5. The molecule has 2 aliphatic rings. The van der Waals surface area contributed by atoms with Crippen LogP contribution < -0.4 is 0 Å². The molecular weight excluding hydrogens is 224 g/mol. The van der Waals surface area contributed by atoms with Gasteiger partial charge in [-0.1, -0.05) is 0 Å². The number of carbonyl (C=O) groups excluding carboxylic acids is 2. The number of hydroxylamine groups is 2. The Morgan fingerprint density at radius 1 is 1.47 bits per heavy atom. The van der Waals surface area contributed by atoms with E-state index in [1.54, 1.807) is 18.9 Å². The molecule has 0 bridgehead atoms. The molecule has 2 fully saturated rings. The fourth-order valence-electron chi connectivity index (χ4n) is 2.34. The van der Waals surface area contributed by atoms with Gasteiger partial charge in [-0.05, 0) is 19.8 Å². The van der Waals surface area contributed by atoms with Gasteiger partial charge in [0.1, 0.15) is 5.60 Å². The van der Waals surface area contributed by atoms with E-state index in [2.05, 4.69) is 0 Å². The minimum atomic E-state index is -0.394. The standard InChI is InChI=1S/C11H18N2O4/c1-3-16-10(15)13-6-4-11(5-7-13)8-9(14)12(2)17-11/h3-8H2,1-2H3. The highest BCUT2D eigenvalue weighted by Crippen LogP contribution is 2.35. The molecule has 6 nitrogen and oxygen atoms in total. The monoisotopic (exact) mass is 242 g/mol. The van der Waals surface area contributed by atoms with Crippen molar-refractivity contribution in [3.8, 4) is 0 Å². The first-order chi connectivity index (χ1) is 8.06. The van der Waals surface area contributed by atoms with Crippen molar-refractivity contribution in [1.29, 1.82) is 0 Å². The SMILES string of the molecule is CCOC(=O)N1CCC2(CC1)CC(=O)N(C)O2. The van der Waals surface area contributed by atoms with Crippen LogP contribution in [-0.4, -0.2) is 54.3 Å². The van der Waals surface area contributed by atoms with Crippen LogP contribution >= 0.6 is 0 Å². The Bertz CT molecular complexity index is 323. The lowest BCUT2D eigenvalue weighted by Crippen LogP contribution is -2.47. The highest BCUT2D eigenvalue weighted by molar-refractivity contribution is 5.77. The Hall–Kier alpha value is -1.30. The third-order valence-electron chi connectivity index (χ3n) is 3.36. The first kappa shape index (κ1) is 12.2. The lowest BCUT2D eigenvalue weighted by atomic mass is 9.89. The van der Waals surface area contributed by atoms with Crippen LogP contribution in [-0.2, 0) is 14.4 Å². The fraction of sp³-hybridized carbons (Fsp3) is 0.818. The van der Waals surface area contributed by atoms with E-state index in [0.717, 1.165) is 0 Å². The summed E-state index contributed by atoms with van der Waals surface area (Å²) in [6.07, 6.45) is 1.50. The zero-order valence-corrected chi connectivity index (χ0v) is 10.3. The normalized spacial score (nSPS) is 23.3. The minimum Gasteiger partial charge on any atom is -0.450 e. The summed E-state index contributed by atoms with van der Waals surface area (Å²) in [6, 6.07) is 0. The highest BCUT2D eigenvalue weighted by atomic mass is 16.7. The topological polar surface area (TPSA) is 59.1 Å². The van der Waals surface area contributed by atoms with Gasteiger partial charge >= 0.3 is 6.09 Å². The molecule has 2 aliphatic heterocycles. The molecule has 0 aromatic heterocycles. The van der Waals surface area contributed by atoms with Crippen LogP contribution in [0.25, 0.3) is 0 Å². The summed E-state index contributed by atoms with van der Waals surface area (Å²) in [5.41, 5.74) is -0.394. The zero-order valence-electron chi connectivity index (χ0n) is 10.3. The highest BCUT2D eigenvalue weighted by Gasteiger charge is 2.46. The molecule has 0 saturated carbocycles. The molecule has 0 atom stereocenters. The predicted octanol–water partition coefficient (Wildman–Crippen LogP) is 0.771. The second-order valence-electron chi connectivity index (χ2n) is 4.53. The van der Waals surface area contributed by atoms with Gasteiger partial charge in [0.15, 0.2) is 0 Å². The van der Waals surface area contributed by atoms with Gasteiger partial charge in [-0.3, -0.25) is 9.63 Å². The van der Waals surface area contributed by atoms with Gasteiger partial charge < -0.3 is 9.64 Å². The maximum Gasteiger partial charge on any atom is 0.409 e. The van der Waals surface area contributed by atoms with Gasteiger partial charge in [-0.2, -0.15) is 0 Å². The maximum absolute atomic E-state index is 11.5. The quantitative estimate of drug-likeness (QED) is 0.681. The van der Waals surface area contributed by atoms with Gasteiger partial charge in [0.05, 0.1) is 13.0 Å². The number of likely N-dealkylation sites (tertiary alicyclic amines) is 1. The number of piperidine rings is 1. The molecule has 0 aliphatic carbocycles. The van der Waals surface area contributed by atoms with Gasteiger partial charge in [0, 0.05) is 20.1 Å². The molecule has 2 heterocycles. The average Bonchev–Trinajstić information content (AvgIpc) is 2.55. The number of rotatable bonds is 1. The Morgan fingerprint density at radius 3 is 2.59 bits per heavy atom. The van der Waals surface area contributed by atoms with Crippen LogP contribution in [0.1, 0.15) is 26.2 Å². The number of hydrogen-bond donors (Lipinski definition) is 0. The molecular formula is C11H18N2O4. The molecule has 0 unspecified atom stereocenters. The molecule has 1 spiro atoms. The van der Waals surface area contributed by atoms with E-state index >= 15 is 0 Å². The third-order valence-corrected chi connectivity index (χ3v) is 3.36. The van der Waals surface area contributed by atoms with E-state index in [-0.39, 0.29) is 12.0 Å². The first-order valence-electron chi connectivity index (χ1n) is 5.94. The van der Waals surface area contributed by atoms with Crippen LogP contribution in [0.15, 0.2) is 0 Å². The summed E-state index contributed by atoms with van der Waals surface area (Å²) in [5, 5.41) is 1.31. The maximum atomic E-state index is 11.5. The molecule has 96 valence electrons. The Balaban J connectivity index is 1.90. The summed E-state index contributed by atoms with van der Waals surface area (Å²) in [4.78, 5) is 30.2. The lowest BCUT2D eigenvalue weighted by molar-refractivity contribution is -0.198. The van der Waals surface area contributed by atoms with E-state index in [1.165, 1.54) is 5.06 Å². The minimum absolute atomic E-state index is 0.00887. The molecule has 17 heavy (non-hydrogen) atoms. The number of carbonyl (C=O) groups is 2. The average molecular weight is 242 g/mol. The smallest absolute Gasteiger partial charge is 0.409 e. The molecule has 0 N–H and O–H groups in total. The van der Waals surface area contributed by atoms with Crippen molar-refractivity contribution in [2.45, 2.75) is 31.8 Å². The Kier molecular flexibility index (Phi) is 3.24. The van der Waals surface area contributed by atoms with Crippen molar-refractivity contribution < 1.29 is 19.2 Å². The van der Waals surface area contributed by atoms with Gasteiger partial charge in [-0.15, -0.1) is 0 Å². The molecule has 2 amide bonds. The number of hydrogen-bond acceptors (Lipinski definition) is 4. The summed E-state index contributed by atoms with van der Waals surface area (Å²) >= 11 is 0. The second-order valence-corrected chi connectivity index (χ2v) is 4.53. The van der Waals surface area contributed by atoms with E-state index in [4.69, 9.17) is 9.57 Å². The Labute approximate surface area is 100 Å². The van der Waals surface area contributed by atoms with Gasteiger partial charge in [0.25, 0.3) is 0 Å². The second kappa shape index (κ2) is 4.52. The van der Waals surface area contributed by atoms with E-state index in [1.807, 2.05) is 0 Å². The Morgan fingerprint density at radius 2 is 2.12 bits per heavy atom. The molecule has 0 aromatic carbocycles. The first-order valence-corrected chi connectivity index (χ1v) is 5.94. The molecule has 6 heteroatoms. The van der Waals surface area contributed by atoms with Crippen LogP contribution in [0.3, 0.4) is 0 Å². The lowest BCUT2D eigenvalue weighted by Gasteiger charge is -2.36. The van der Waals surface area contributed by atoms with Crippen molar-refractivity contribution in [2.75, 3.05) is 26.7 Å². The van der Waals surface area contributed by atoms with E-state index in [9.17, 15) is 9.59 Å². The van der Waals surface area contributed by atoms with Crippen molar-refractivity contribution in [2.24, 2.45) is 0 Å². The predicted molar refractivity (Wildman–Crippen MR) is 59.0 cm³/mol. The fourth-order valence-corrected chi connectivity index (χ4v) is 2.34. The summed E-state index contributed by atoms with van der Waals surface area (Å²) in [5.74, 6) is 0.00887. The van der Waals surface area contributed by atoms with E-state index in [0.29, 0.717) is 39.0 Å². The summed E-state index contributed by atoms with van der Waals surface area (Å²) < 4.78 is 4.94. The number of amides is 2. The number of nitrogens with zero attached hydrogens (tertiary/aromatic N) is 2. The van der Waals surface area contributed by atoms with Crippen molar-refractivity contribution in [3.05, 3.63) is 0 Å². The van der Waals surface area contributed by atoms with Crippen LogP contribution in [0.4, 0.5) is 4.79 Å². The van der Waals surface area contributed by atoms with Crippen molar-refractivity contribution in [3.63, 3.8) is 0 Å². The number of ether oxygens (including phenoxy) is 1. The van der Waals surface area contributed by atoms with Crippen LogP contribution in [0.5, 0.6) is 0 Å². The molecule has 2 saturated heterocycles. The summed E-state index contributed by atoms with van der Waals surface area (Å²) in [7, 11) is 1.63. The molecule has 0 radical (unpaired) electrons. The molecule has 2 rings (SSSR count). The third kappa shape index (κ3) is 2.36. The largest absolute Gasteiger partial charge is 0.450 e. The molecule has 0 aromatic rings.